The maximum Gasteiger partial charge on any atom is 0.346 e. The molecular weight excluding hydrogens is 440 g/mol. The minimum atomic E-state index is -0.439. The van der Waals surface area contributed by atoms with Crippen molar-refractivity contribution in [3.05, 3.63) is 71.8 Å². The Morgan fingerprint density at radius 3 is 2.71 bits per heavy atom. The fraction of sp³-hybridized carbons (Fsp3) is 0.393. The van der Waals surface area contributed by atoms with E-state index >= 15 is 0 Å². The number of aromatic nitrogens is 2. The minimum Gasteiger partial charge on any atom is -0.493 e. The first-order chi connectivity index (χ1) is 17.1. The summed E-state index contributed by atoms with van der Waals surface area (Å²) in [6.45, 7) is 7.02. The fourth-order valence-corrected chi connectivity index (χ4v) is 4.48. The fourth-order valence-electron chi connectivity index (χ4n) is 4.48. The number of hydrogen-bond acceptors (Lipinski definition) is 7. The molecule has 1 aromatic heterocycles. The molecule has 184 valence electrons. The largest absolute Gasteiger partial charge is 0.493 e. The third-order valence-corrected chi connectivity index (χ3v) is 6.45. The molecule has 2 aromatic carbocycles. The number of nitrogens with zero attached hydrogens (tertiary/aromatic N) is 3. The summed E-state index contributed by atoms with van der Waals surface area (Å²) in [7, 11) is 2.01. The molecule has 0 amide bonds. The number of piperidine rings is 1. The number of esters is 1. The summed E-state index contributed by atoms with van der Waals surface area (Å²) in [4.78, 5) is 24.3. The van der Waals surface area contributed by atoms with Crippen LogP contribution in [0.3, 0.4) is 0 Å². The smallest absolute Gasteiger partial charge is 0.346 e. The SMILES string of the molecule is CCOc1c(C(=O)O/C=C/C2CCNCC2)cc2c(N(C)CCc3ccccc3)ncnc2c1C. The monoisotopic (exact) mass is 474 g/mol. The zero-order chi connectivity index (χ0) is 24.6. The van der Waals surface area contributed by atoms with Crippen molar-refractivity contribution in [2.24, 2.45) is 5.92 Å². The van der Waals surface area contributed by atoms with E-state index < -0.39 is 5.97 Å². The summed E-state index contributed by atoms with van der Waals surface area (Å²) >= 11 is 0. The van der Waals surface area contributed by atoms with Gasteiger partial charge in [-0.2, -0.15) is 0 Å². The maximum atomic E-state index is 13.1. The Morgan fingerprint density at radius 1 is 1.20 bits per heavy atom. The molecule has 1 aliphatic heterocycles. The first-order valence-corrected chi connectivity index (χ1v) is 12.3. The Morgan fingerprint density at radius 2 is 1.97 bits per heavy atom. The number of anilines is 1. The number of aryl methyl sites for hydroxylation is 1. The first kappa shape index (κ1) is 24.7. The van der Waals surface area contributed by atoms with E-state index in [1.165, 1.54) is 11.8 Å². The summed E-state index contributed by atoms with van der Waals surface area (Å²) in [5.74, 6) is 1.27. The van der Waals surface area contributed by atoms with E-state index in [0.717, 1.165) is 61.2 Å². The molecule has 1 fully saturated rings. The first-order valence-electron chi connectivity index (χ1n) is 12.3. The van der Waals surface area contributed by atoms with Crippen LogP contribution in [0.4, 0.5) is 5.82 Å². The molecule has 1 saturated heterocycles. The van der Waals surface area contributed by atoms with Gasteiger partial charge in [-0.25, -0.2) is 14.8 Å². The molecule has 7 heteroatoms. The molecule has 1 N–H and O–H groups in total. The van der Waals surface area contributed by atoms with Crippen molar-refractivity contribution in [3.8, 4) is 5.75 Å². The third-order valence-electron chi connectivity index (χ3n) is 6.45. The summed E-state index contributed by atoms with van der Waals surface area (Å²) < 4.78 is 11.4. The number of likely N-dealkylation sites (N-methyl/N-ethyl adjacent to an activating group) is 1. The van der Waals surface area contributed by atoms with Crippen LogP contribution in [0.25, 0.3) is 10.9 Å². The van der Waals surface area contributed by atoms with Gasteiger partial charge in [-0.05, 0) is 69.8 Å². The van der Waals surface area contributed by atoms with Gasteiger partial charge in [-0.1, -0.05) is 30.3 Å². The van der Waals surface area contributed by atoms with Gasteiger partial charge >= 0.3 is 5.97 Å². The van der Waals surface area contributed by atoms with Crippen molar-refractivity contribution in [2.45, 2.75) is 33.1 Å². The highest BCUT2D eigenvalue weighted by Gasteiger charge is 2.22. The molecule has 7 nitrogen and oxygen atoms in total. The number of hydrogen-bond donors (Lipinski definition) is 1. The van der Waals surface area contributed by atoms with Crippen LogP contribution in [0.2, 0.25) is 0 Å². The zero-order valence-corrected chi connectivity index (χ0v) is 20.8. The average Bonchev–Trinajstić information content (AvgIpc) is 2.89. The molecule has 0 unspecified atom stereocenters. The quantitative estimate of drug-likeness (QED) is 0.356. The van der Waals surface area contributed by atoms with Crippen molar-refractivity contribution in [1.29, 1.82) is 0 Å². The Hall–Kier alpha value is -3.45. The van der Waals surface area contributed by atoms with Gasteiger partial charge in [-0.3, -0.25) is 0 Å². The Bertz CT molecular complexity index is 1170. The highest BCUT2D eigenvalue weighted by molar-refractivity contribution is 6.02. The summed E-state index contributed by atoms with van der Waals surface area (Å²) in [5.41, 5.74) is 3.22. The van der Waals surface area contributed by atoms with Crippen molar-refractivity contribution >= 4 is 22.7 Å². The van der Waals surface area contributed by atoms with Crippen LogP contribution in [0.15, 0.2) is 55.1 Å². The second-order valence-corrected chi connectivity index (χ2v) is 8.88. The summed E-state index contributed by atoms with van der Waals surface area (Å²) in [6, 6.07) is 12.2. The predicted molar refractivity (Wildman–Crippen MR) is 139 cm³/mol. The van der Waals surface area contributed by atoms with E-state index in [0.29, 0.717) is 23.8 Å². The molecule has 0 radical (unpaired) electrons. The predicted octanol–water partition coefficient (Wildman–Crippen LogP) is 4.69. The normalized spacial score (nSPS) is 14.4. The van der Waals surface area contributed by atoms with Gasteiger partial charge in [0.15, 0.2) is 0 Å². The van der Waals surface area contributed by atoms with Crippen molar-refractivity contribution < 1.29 is 14.3 Å². The standard InChI is InChI=1S/C28H34N4O3/c1-4-34-26-20(2)25-23(18-24(26)28(33)35-17-13-22-10-14-29-15-11-22)27(31-19-30-25)32(3)16-12-21-8-6-5-7-9-21/h5-9,13,17-19,22,29H,4,10-12,14-16H2,1-3H3/b17-13+. The molecule has 0 atom stereocenters. The van der Waals surface area contributed by atoms with Crippen LogP contribution in [0.1, 0.15) is 41.3 Å². The van der Waals surface area contributed by atoms with Gasteiger partial charge in [0.05, 0.1) is 18.4 Å². The van der Waals surface area contributed by atoms with Crippen LogP contribution in [0.5, 0.6) is 5.75 Å². The molecular formula is C28H34N4O3. The van der Waals surface area contributed by atoms with Gasteiger partial charge in [0.1, 0.15) is 23.5 Å². The van der Waals surface area contributed by atoms with E-state index in [9.17, 15) is 4.79 Å². The molecule has 0 saturated carbocycles. The maximum absolute atomic E-state index is 13.1. The highest BCUT2D eigenvalue weighted by atomic mass is 16.5. The van der Waals surface area contributed by atoms with Gasteiger partial charge in [0.2, 0.25) is 0 Å². The topological polar surface area (TPSA) is 76.6 Å². The van der Waals surface area contributed by atoms with Crippen molar-refractivity contribution in [1.82, 2.24) is 15.3 Å². The van der Waals surface area contributed by atoms with Gasteiger partial charge in [-0.15, -0.1) is 0 Å². The lowest BCUT2D eigenvalue weighted by molar-refractivity contribution is 0.0656. The number of allylic oxidation sites excluding steroid dienone is 1. The lowest BCUT2D eigenvalue weighted by Gasteiger charge is -2.21. The summed E-state index contributed by atoms with van der Waals surface area (Å²) in [5, 5.41) is 4.15. The molecule has 2 heterocycles. The number of carbonyl (C=O) groups excluding carboxylic acids is 1. The second kappa shape index (κ2) is 11.8. The average molecular weight is 475 g/mol. The van der Waals surface area contributed by atoms with Crippen molar-refractivity contribution in [3.63, 3.8) is 0 Å². The van der Waals surface area contributed by atoms with Gasteiger partial charge < -0.3 is 19.7 Å². The molecule has 4 rings (SSSR count). The number of carbonyl (C=O) groups is 1. The van der Waals surface area contributed by atoms with Gasteiger partial charge in [0.25, 0.3) is 0 Å². The van der Waals surface area contributed by atoms with Crippen LogP contribution in [0, 0.1) is 12.8 Å². The van der Waals surface area contributed by atoms with E-state index in [1.54, 1.807) is 6.33 Å². The van der Waals surface area contributed by atoms with E-state index in [1.807, 2.05) is 51.2 Å². The Labute approximate surface area is 207 Å². The number of rotatable bonds is 9. The van der Waals surface area contributed by atoms with Crippen LogP contribution >= 0.6 is 0 Å². The van der Waals surface area contributed by atoms with Crippen LogP contribution in [-0.2, 0) is 11.2 Å². The van der Waals surface area contributed by atoms with Crippen molar-refractivity contribution in [2.75, 3.05) is 38.2 Å². The molecule has 0 bridgehead atoms. The number of fused-ring (bicyclic) bond motifs is 1. The summed E-state index contributed by atoms with van der Waals surface area (Å²) in [6.07, 6.45) is 8.06. The highest BCUT2D eigenvalue weighted by Crippen LogP contribution is 2.34. The Kier molecular flexibility index (Phi) is 8.32. The number of ether oxygens (including phenoxy) is 2. The molecule has 0 spiro atoms. The van der Waals surface area contributed by atoms with E-state index in [-0.39, 0.29) is 0 Å². The zero-order valence-electron chi connectivity index (χ0n) is 20.8. The van der Waals surface area contributed by atoms with Gasteiger partial charge in [0, 0.05) is 24.5 Å². The molecule has 0 aliphatic carbocycles. The minimum absolute atomic E-state index is 0.388. The second-order valence-electron chi connectivity index (χ2n) is 8.88. The molecule has 35 heavy (non-hydrogen) atoms. The molecule has 3 aromatic rings. The lowest BCUT2D eigenvalue weighted by atomic mass is 9.98. The number of nitrogens with one attached hydrogen (secondary N) is 1. The lowest BCUT2D eigenvalue weighted by Crippen LogP contribution is -2.26. The molecule has 1 aliphatic rings. The van der Waals surface area contributed by atoms with E-state index in [4.69, 9.17) is 9.47 Å². The van der Waals surface area contributed by atoms with E-state index in [2.05, 4.69) is 32.3 Å². The van der Waals surface area contributed by atoms with Crippen LogP contribution < -0.4 is 15.0 Å². The van der Waals surface area contributed by atoms with Crippen LogP contribution in [-0.4, -0.2) is 49.2 Å². The number of benzene rings is 2. The third kappa shape index (κ3) is 5.98. The Balaban J connectivity index is 1.62.